The number of carboxylic acid groups (broad SMARTS) is 4. The van der Waals surface area contributed by atoms with E-state index >= 15 is 0 Å². The van der Waals surface area contributed by atoms with Gasteiger partial charge in [-0.05, 0) is 48.5 Å². The smallest absolute Gasteiger partial charge is 0.335 e. The maximum absolute atomic E-state index is 8.50. The van der Waals surface area contributed by atoms with Crippen molar-refractivity contribution in [3.8, 4) is 0 Å². The van der Waals surface area contributed by atoms with E-state index in [9.17, 15) is 0 Å². The van der Waals surface area contributed by atoms with Crippen LogP contribution in [-0.2, 0) is 34.1 Å². The minimum absolute atomic E-state index is 0. The molecule has 4 aromatic carbocycles. The van der Waals surface area contributed by atoms with E-state index in [1.54, 1.807) is 97.1 Å². The summed E-state index contributed by atoms with van der Waals surface area (Å²) in [5.41, 5.74) is 1.77. The van der Waals surface area contributed by atoms with E-state index in [1.165, 1.54) is 0 Å². The van der Waals surface area contributed by atoms with Crippen molar-refractivity contribution in [2.45, 2.75) is 0 Å². The van der Waals surface area contributed by atoms with E-state index < -0.39 is 23.9 Å². The first-order valence-corrected chi connectivity index (χ1v) is 10.4. The van der Waals surface area contributed by atoms with Crippen LogP contribution < -0.4 is 0 Å². The third-order valence-corrected chi connectivity index (χ3v) is 4.13. The van der Waals surface area contributed by atoms with Gasteiger partial charge in [-0.3, -0.25) is 0 Å². The van der Waals surface area contributed by atoms with Gasteiger partial charge in [0.15, 0.2) is 0 Å². The van der Waals surface area contributed by atoms with Crippen LogP contribution in [0.1, 0.15) is 22.3 Å². The molecule has 8 N–H and O–H groups in total. The van der Waals surface area contributed by atoms with Crippen molar-refractivity contribution in [1.29, 1.82) is 0 Å². The van der Waals surface area contributed by atoms with E-state index in [4.69, 9.17) is 39.6 Å². The summed E-state index contributed by atoms with van der Waals surface area (Å²) in [6.07, 6.45) is 0. The molecule has 4 aromatic rings. The van der Waals surface area contributed by atoms with Gasteiger partial charge in [-0.1, -0.05) is 72.8 Å². The molecule has 0 spiro atoms. The van der Waals surface area contributed by atoms with Gasteiger partial charge in [-0.2, -0.15) is 0 Å². The van der Waals surface area contributed by atoms with E-state index in [2.05, 4.69) is 0 Å². The van der Waals surface area contributed by atoms with Crippen molar-refractivity contribution in [3.63, 3.8) is 0 Å². The summed E-state index contributed by atoms with van der Waals surface area (Å²) in [6.45, 7) is 0. The van der Waals surface area contributed by atoms with Gasteiger partial charge < -0.3 is 39.6 Å². The van der Waals surface area contributed by atoms with Crippen molar-refractivity contribution >= 4 is 23.9 Å². The Hall–Kier alpha value is -4.20. The van der Waals surface area contributed by atoms with Crippen molar-refractivity contribution in [2.24, 2.45) is 0 Å². The predicted molar refractivity (Wildman–Crippen MR) is 140 cm³/mol. The number of hydrogen-bond donors (Lipinski definition) is 4. The van der Waals surface area contributed by atoms with Crippen LogP contribution in [0.4, 0.5) is 0 Å². The molecule has 0 heterocycles. The van der Waals surface area contributed by atoms with Crippen LogP contribution in [0.25, 0.3) is 0 Å². The normalized spacial score (nSPS) is 8.42. The number of aromatic carboxylic acids is 4. The molecule has 0 saturated carbocycles. The van der Waals surface area contributed by atoms with Gasteiger partial charge in [-0.15, -0.1) is 0 Å². The molecular formula is C28H28Cu2O8+4. The summed E-state index contributed by atoms with van der Waals surface area (Å²) in [5.74, 6) is -2.52. The Morgan fingerprint density at radius 2 is 0.447 bits per heavy atom. The van der Waals surface area contributed by atoms with Crippen LogP contribution in [-0.4, -0.2) is 63.5 Å². The zero-order valence-corrected chi connectivity index (χ0v) is 21.6. The fourth-order valence-corrected chi connectivity index (χ4v) is 2.35. The summed E-state index contributed by atoms with van der Waals surface area (Å²) in [4.78, 5) is 34.0. The minimum Gasteiger partial charge on any atom is -0.335 e. The number of benzene rings is 4. The molecule has 206 valence electrons. The molecule has 0 aliphatic carbocycles. The van der Waals surface area contributed by atoms with Crippen LogP contribution in [0.5, 0.6) is 0 Å². The van der Waals surface area contributed by atoms with Gasteiger partial charge in [0.25, 0.3) is 0 Å². The first kappa shape index (κ1) is 36.0. The maximum atomic E-state index is 8.50. The molecule has 4 rings (SSSR count). The summed E-state index contributed by atoms with van der Waals surface area (Å²) in [7, 11) is 0. The van der Waals surface area contributed by atoms with Crippen molar-refractivity contribution in [1.82, 2.24) is 0 Å². The quantitative estimate of drug-likeness (QED) is 0.197. The fourth-order valence-electron chi connectivity index (χ4n) is 2.35. The Morgan fingerprint density at radius 3 is 0.526 bits per heavy atom. The molecule has 0 bridgehead atoms. The van der Waals surface area contributed by atoms with Gasteiger partial charge in [0, 0.05) is 34.1 Å². The van der Waals surface area contributed by atoms with Gasteiger partial charge in [0.2, 0.25) is 0 Å². The number of rotatable bonds is 4. The molecule has 38 heavy (non-hydrogen) atoms. The van der Waals surface area contributed by atoms with Gasteiger partial charge in [0.05, 0.1) is 0 Å². The average molecular weight is 620 g/mol. The van der Waals surface area contributed by atoms with Gasteiger partial charge in [0.1, 0.15) is 22.3 Å². The van der Waals surface area contributed by atoms with Gasteiger partial charge >= 0.3 is 23.9 Å². The molecule has 0 amide bonds. The predicted octanol–water partition coefficient (Wildman–Crippen LogP) is 4.38. The van der Waals surface area contributed by atoms with E-state index in [0.29, 0.717) is 22.3 Å². The second-order valence-corrected chi connectivity index (χ2v) is 6.76. The Morgan fingerprint density at radius 1 is 0.316 bits per heavy atom. The standard InChI is InChI=1S/4C7H6O2.2Cu/c4*8-7(9)6-4-2-1-3-5-6;;/h4*1-5H,(H,8,9);;/p+4. The topological polar surface area (TPSA) is 167 Å². The Kier molecular flexibility index (Phi) is 19.8. The SMILES string of the molecule is OC(=[OH+])c1ccccc1.OC(=[OH+])c1ccccc1.OC(=[OH+])c1ccccc1.OC(=[OH+])c1ccccc1.[Cu].[Cu]. The third-order valence-electron chi connectivity index (χ3n) is 4.13. The Labute approximate surface area is 240 Å². The summed E-state index contributed by atoms with van der Waals surface area (Å²) in [6, 6.07) is 34.1. The van der Waals surface area contributed by atoms with Crippen LogP contribution in [0.15, 0.2) is 121 Å². The molecule has 0 aromatic heterocycles. The number of hydrogen-bond acceptors (Lipinski definition) is 0. The number of carboxylic acids is 4. The van der Waals surface area contributed by atoms with Crippen LogP contribution >= 0.6 is 0 Å². The van der Waals surface area contributed by atoms with Crippen molar-refractivity contribution in [3.05, 3.63) is 144 Å². The Bertz CT molecular complexity index is 1020. The Balaban J connectivity index is 0. The summed E-state index contributed by atoms with van der Waals surface area (Å²) >= 11 is 0. The molecule has 0 aliphatic heterocycles. The monoisotopic (exact) mass is 618 g/mol. The largest absolute Gasteiger partial charge is 0.515 e. The zero-order chi connectivity index (χ0) is 26.8. The van der Waals surface area contributed by atoms with E-state index in [-0.39, 0.29) is 34.1 Å². The van der Waals surface area contributed by atoms with Gasteiger partial charge in [-0.25, -0.2) is 0 Å². The number of aliphatic hydroxyl groups excluding tert-OH is 4. The second-order valence-electron chi connectivity index (χ2n) is 6.76. The van der Waals surface area contributed by atoms with E-state index in [0.717, 1.165) is 0 Å². The summed E-state index contributed by atoms with van der Waals surface area (Å²) < 4.78 is 0. The first-order valence-electron chi connectivity index (χ1n) is 10.4. The molecule has 0 saturated heterocycles. The molecular weight excluding hydrogens is 591 g/mol. The van der Waals surface area contributed by atoms with E-state index in [1.807, 2.05) is 24.3 Å². The fraction of sp³-hybridized carbons (Fsp3) is 0. The zero-order valence-electron chi connectivity index (χ0n) is 19.7. The molecule has 2 radical (unpaired) electrons. The second kappa shape index (κ2) is 20.9. The summed E-state index contributed by atoms with van der Waals surface area (Å²) in [5, 5.41) is 34.0. The molecule has 0 fully saturated rings. The molecule has 10 heteroatoms. The van der Waals surface area contributed by atoms with Crippen molar-refractivity contribution in [2.75, 3.05) is 0 Å². The molecule has 0 atom stereocenters. The van der Waals surface area contributed by atoms with Crippen LogP contribution in [0, 0.1) is 0 Å². The minimum atomic E-state index is -0.629. The third kappa shape index (κ3) is 15.7. The first-order chi connectivity index (χ1) is 17.2. The molecule has 0 unspecified atom stereocenters. The van der Waals surface area contributed by atoms with Crippen molar-refractivity contribution < 1.29 is 73.7 Å². The average Bonchev–Trinajstić information content (AvgIpc) is 2.92. The molecule has 8 nitrogen and oxygen atoms in total. The molecule has 0 aliphatic rings. The maximum Gasteiger partial charge on any atom is 0.515 e. The van der Waals surface area contributed by atoms with Crippen LogP contribution in [0.3, 0.4) is 0 Å². The van der Waals surface area contributed by atoms with Crippen LogP contribution in [0.2, 0.25) is 0 Å².